The van der Waals surface area contributed by atoms with Gasteiger partial charge in [-0.05, 0) is 35.7 Å². The Kier molecular flexibility index (Phi) is 5.18. The molecule has 1 heterocycles. The van der Waals surface area contributed by atoms with Gasteiger partial charge in [0.1, 0.15) is 0 Å². The molecule has 0 aromatic heterocycles. The summed E-state index contributed by atoms with van der Waals surface area (Å²) in [5.41, 5.74) is 5.96. The molecule has 0 bridgehead atoms. The highest BCUT2D eigenvalue weighted by atomic mass is 35.5. The van der Waals surface area contributed by atoms with Crippen LogP contribution in [0.3, 0.4) is 0 Å². The van der Waals surface area contributed by atoms with E-state index in [2.05, 4.69) is 10.9 Å². The highest BCUT2D eigenvalue weighted by molar-refractivity contribution is 6.30. The molecule has 3 aromatic rings. The van der Waals surface area contributed by atoms with Crippen LogP contribution in [-0.2, 0) is 9.59 Å². The average Bonchev–Trinajstić information content (AvgIpc) is 3.13. The number of carbonyl (C=O) groups excluding carboxylic acids is 3. The van der Waals surface area contributed by atoms with E-state index >= 15 is 0 Å². The molecular formula is C22H18ClN3O3. The third-order valence-electron chi connectivity index (χ3n) is 4.96. The van der Waals surface area contributed by atoms with Crippen LogP contribution < -0.4 is 15.8 Å². The number of nitrogens with one attached hydrogen (secondary N) is 2. The molecule has 1 aliphatic heterocycles. The van der Waals surface area contributed by atoms with E-state index in [4.69, 9.17) is 11.6 Å². The normalized spacial score (nSPS) is 16.1. The van der Waals surface area contributed by atoms with Crippen molar-refractivity contribution in [3.8, 4) is 0 Å². The van der Waals surface area contributed by atoms with Crippen molar-refractivity contribution >= 4 is 45.8 Å². The molecule has 4 rings (SSSR count). The van der Waals surface area contributed by atoms with Crippen LogP contribution in [0, 0.1) is 5.92 Å². The molecule has 0 saturated carbocycles. The summed E-state index contributed by atoms with van der Waals surface area (Å²) in [5.74, 6) is -1.52. The number of carbonyl (C=O) groups is 3. The summed E-state index contributed by atoms with van der Waals surface area (Å²) < 4.78 is 0. The maximum atomic E-state index is 12.6. The molecule has 0 aliphatic carbocycles. The number of amides is 3. The lowest BCUT2D eigenvalue weighted by atomic mass is 10.1. The number of hydrogen-bond acceptors (Lipinski definition) is 3. The number of rotatable bonds is 3. The molecule has 7 heteroatoms. The lowest BCUT2D eigenvalue weighted by molar-refractivity contribution is -0.126. The second kappa shape index (κ2) is 7.93. The average molecular weight is 408 g/mol. The second-order valence-corrected chi connectivity index (χ2v) is 7.29. The summed E-state index contributed by atoms with van der Waals surface area (Å²) in [6.07, 6.45) is 0.0892. The molecule has 29 heavy (non-hydrogen) atoms. The molecule has 1 saturated heterocycles. The Morgan fingerprint density at radius 3 is 2.45 bits per heavy atom. The first-order valence-electron chi connectivity index (χ1n) is 9.17. The van der Waals surface area contributed by atoms with Gasteiger partial charge in [0.2, 0.25) is 11.8 Å². The van der Waals surface area contributed by atoms with Crippen molar-refractivity contribution in [2.24, 2.45) is 5.92 Å². The SMILES string of the molecule is O=C(NNC(=O)[C@H]1CC(=O)N(c2cccc3ccccc23)C1)c1ccc(Cl)cc1. The minimum absolute atomic E-state index is 0.0892. The summed E-state index contributed by atoms with van der Waals surface area (Å²) in [4.78, 5) is 38.8. The molecule has 3 amide bonds. The summed E-state index contributed by atoms with van der Waals surface area (Å²) in [6, 6.07) is 19.9. The van der Waals surface area contributed by atoms with Gasteiger partial charge in [-0.2, -0.15) is 0 Å². The molecule has 3 aromatic carbocycles. The summed E-state index contributed by atoms with van der Waals surface area (Å²) in [7, 11) is 0. The van der Waals surface area contributed by atoms with E-state index < -0.39 is 17.7 Å². The molecular weight excluding hydrogens is 390 g/mol. The van der Waals surface area contributed by atoms with Crippen LogP contribution >= 0.6 is 11.6 Å². The van der Waals surface area contributed by atoms with E-state index in [0.717, 1.165) is 16.5 Å². The zero-order valence-electron chi connectivity index (χ0n) is 15.4. The van der Waals surface area contributed by atoms with Crippen molar-refractivity contribution in [1.82, 2.24) is 10.9 Å². The number of halogens is 1. The van der Waals surface area contributed by atoms with Crippen molar-refractivity contribution < 1.29 is 14.4 Å². The van der Waals surface area contributed by atoms with Crippen LogP contribution in [0.4, 0.5) is 5.69 Å². The Morgan fingerprint density at radius 1 is 0.931 bits per heavy atom. The van der Waals surface area contributed by atoms with Crippen LogP contribution in [0.1, 0.15) is 16.8 Å². The summed E-state index contributed by atoms with van der Waals surface area (Å²) >= 11 is 5.81. The fraction of sp³-hybridized carbons (Fsp3) is 0.136. The zero-order valence-corrected chi connectivity index (χ0v) is 16.1. The Morgan fingerprint density at radius 2 is 1.66 bits per heavy atom. The largest absolute Gasteiger partial charge is 0.311 e. The number of benzene rings is 3. The zero-order chi connectivity index (χ0) is 20.4. The van der Waals surface area contributed by atoms with Gasteiger partial charge in [0.25, 0.3) is 5.91 Å². The van der Waals surface area contributed by atoms with E-state index in [1.807, 2.05) is 42.5 Å². The van der Waals surface area contributed by atoms with Crippen LogP contribution in [0.5, 0.6) is 0 Å². The quantitative estimate of drug-likeness (QED) is 0.654. The highest BCUT2D eigenvalue weighted by Crippen LogP contribution is 2.31. The van der Waals surface area contributed by atoms with Gasteiger partial charge in [-0.3, -0.25) is 25.2 Å². The Hall–Kier alpha value is -3.38. The Bertz CT molecular complexity index is 1090. The van der Waals surface area contributed by atoms with Crippen LogP contribution in [0.2, 0.25) is 5.02 Å². The molecule has 1 aliphatic rings. The van der Waals surface area contributed by atoms with Gasteiger partial charge in [-0.25, -0.2) is 0 Å². The van der Waals surface area contributed by atoms with Crippen LogP contribution in [-0.4, -0.2) is 24.3 Å². The lowest BCUT2D eigenvalue weighted by Crippen LogP contribution is -2.45. The third-order valence-corrected chi connectivity index (χ3v) is 5.21. The maximum absolute atomic E-state index is 12.6. The minimum atomic E-state index is -0.549. The molecule has 0 spiro atoms. The van der Waals surface area contributed by atoms with Crippen molar-refractivity contribution in [2.75, 3.05) is 11.4 Å². The second-order valence-electron chi connectivity index (χ2n) is 6.85. The number of nitrogens with zero attached hydrogens (tertiary/aromatic N) is 1. The molecule has 6 nitrogen and oxygen atoms in total. The van der Waals surface area contributed by atoms with Gasteiger partial charge in [0.15, 0.2) is 0 Å². The molecule has 2 N–H and O–H groups in total. The monoisotopic (exact) mass is 407 g/mol. The fourth-order valence-corrected chi connectivity index (χ4v) is 3.58. The van der Waals surface area contributed by atoms with Crippen LogP contribution in [0.15, 0.2) is 66.7 Å². The van der Waals surface area contributed by atoms with Gasteiger partial charge in [0.05, 0.1) is 11.6 Å². The highest BCUT2D eigenvalue weighted by Gasteiger charge is 2.35. The van der Waals surface area contributed by atoms with E-state index in [1.165, 1.54) is 0 Å². The van der Waals surface area contributed by atoms with E-state index in [0.29, 0.717) is 10.6 Å². The first-order valence-corrected chi connectivity index (χ1v) is 9.54. The molecule has 1 fully saturated rings. The van der Waals surface area contributed by atoms with Crippen molar-refractivity contribution in [3.05, 3.63) is 77.3 Å². The first kappa shape index (κ1) is 19.0. The standard InChI is InChI=1S/C22H18ClN3O3/c23-17-10-8-15(9-11-17)21(28)24-25-22(29)16-12-20(27)26(13-16)19-7-3-5-14-4-1-2-6-18(14)19/h1-11,16H,12-13H2,(H,24,28)(H,25,29)/t16-/m0/s1. The smallest absolute Gasteiger partial charge is 0.269 e. The predicted octanol–water partition coefficient (Wildman–Crippen LogP) is 3.31. The van der Waals surface area contributed by atoms with Gasteiger partial charge in [0, 0.05) is 28.9 Å². The predicted molar refractivity (Wildman–Crippen MR) is 111 cm³/mol. The minimum Gasteiger partial charge on any atom is -0.311 e. The fourth-order valence-electron chi connectivity index (χ4n) is 3.45. The van der Waals surface area contributed by atoms with Gasteiger partial charge in [-0.15, -0.1) is 0 Å². The van der Waals surface area contributed by atoms with E-state index in [1.54, 1.807) is 29.2 Å². The summed E-state index contributed by atoms with van der Waals surface area (Å²) in [6.45, 7) is 0.259. The summed E-state index contributed by atoms with van der Waals surface area (Å²) in [5, 5.41) is 2.50. The van der Waals surface area contributed by atoms with Crippen molar-refractivity contribution in [1.29, 1.82) is 0 Å². The number of anilines is 1. The van der Waals surface area contributed by atoms with Crippen molar-refractivity contribution in [2.45, 2.75) is 6.42 Å². The topological polar surface area (TPSA) is 78.5 Å². The lowest BCUT2D eigenvalue weighted by Gasteiger charge is -2.19. The number of hydrogen-bond donors (Lipinski definition) is 2. The maximum Gasteiger partial charge on any atom is 0.269 e. The first-order chi connectivity index (χ1) is 14.0. The van der Waals surface area contributed by atoms with Crippen LogP contribution in [0.25, 0.3) is 10.8 Å². The third kappa shape index (κ3) is 3.93. The Balaban J connectivity index is 1.43. The molecule has 0 unspecified atom stereocenters. The molecule has 1 atom stereocenters. The van der Waals surface area contributed by atoms with E-state index in [9.17, 15) is 14.4 Å². The van der Waals surface area contributed by atoms with Gasteiger partial charge < -0.3 is 4.90 Å². The number of fused-ring (bicyclic) bond motifs is 1. The van der Waals surface area contributed by atoms with Gasteiger partial charge >= 0.3 is 0 Å². The van der Waals surface area contributed by atoms with E-state index in [-0.39, 0.29) is 18.9 Å². The molecule has 0 radical (unpaired) electrons. The number of hydrazine groups is 1. The van der Waals surface area contributed by atoms with Crippen molar-refractivity contribution in [3.63, 3.8) is 0 Å². The Labute approximate surface area is 172 Å². The molecule has 146 valence electrons. The van der Waals surface area contributed by atoms with Gasteiger partial charge in [-0.1, -0.05) is 48.0 Å².